The summed E-state index contributed by atoms with van der Waals surface area (Å²) in [6, 6.07) is 2.50. The molecule has 6 heteroatoms. The van der Waals surface area contributed by atoms with Gasteiger partial charge in [0.2, 0.25) is 0 Å². The molecule has 0 unspecified atom stereocenters. The highest BCUT2D eigenvalue weighted by Crippen LogP contribution is 2.21. The highest BCUT2D eigenvalue weighted by atomic mass is 35.5. The van der Waals surface area contributed by atoms with Crippen molar-refractivity contribution in [1.82, 2.24) is 0 Å². The number of non-ortho nitro benzene ring substituents is 1. The molecule has 0 amide bonds. The maximum absolute atomic E-state index is 13.1. The molecule has 0 radical (unpaired) electrons. The van der Waals surface area contributed by atoms with Crippen molar-refractivity contribution in [1.29, 1.82) is 0 Å². The average molecular weight is 233 g/mol. The van der Waals surface area contributed by atoms with E-state index in [1.807, 2.05) is 0 Å². The van der Waals surface area contributed by atoms with Crippen LogP contribution in [-0.4, -0.2) is 4.92 Å². The molecule has 0 aromatic heterocycles. The van der Waals surface area contributed by atoms with E-state index in [0.717, 1.165) is 18.2 Å². The Morgan fingerprint density at radius 1 is 1.60 bits per heavy atom. The van der Waals surface area contributed by atoms with E-state index in [1.54, 1.807) is 0 Å². The molecule has 82 valence electrons. The van der Waals surface area contributed by atoms with Crippen LogP contribution in [0.3, 0.4) is 0 Å². The Hall–Kier alpha value is -1.46. The zero-order valence-electron chi connectivity index (χ0n) is 7.72. The van der Waals surface area contributed by atoms with E-state index in [-0.39, 0.29) is 23.7 Å². The van der Waals surface area contributed by atoms with Crippen molar-refractivity contribution < 1.29 is 9.31 Å². The van der Waals surface area contributed by atoms with Crippen LogP contribution in [0.5, 0.6) is 0 Å². The van der Waals surface area contributed by atoms with Gasteiger partial charge >= 0.3 is 0 Å². The molecule has 0 fully saturated rings. The maximum Gasteiger partial charge on any atom is 0.269 e. The number of halogens is 2. The SMILES string of the molecule is C=C[C@@H](N)c1cc([N+](=O)[O-])ccc1F.Cl. The van der Waals surface area contributed by atoms with Crippen LogP contribution < -0.4 is 5.73 Å². The van der Waals surface area contributed by atoms with E-state index >= 15 is 0 Å². The largest absolute Gasteiger partial charge is 0.321 e. The molecule has 0 aliphatic heterocycles. The molecule has 0 saturated carbocycles. The number of nitrogens with two attached hydrogens (primary N) is 1. The average Bonchev–Trinajstić information content (AvgIpc) is 2.17. The molecule has 0 heterocycles. The van der Waals surface area contributed by atoms with Gasteiger partial charge in [-0.05, 0) is 6.07 Å². The van der Waals surface area contributed by atoms with Crippen molar-refractivity contribution in [3.63, 3.8) is 0 Å². The lowest BCUT2D eigenvalue weighted by atomic mass is 10.1. The first kappa shape index (κ1) is 13.5. The summed E-state index contributed by atoms with van der Waals surface area (Å²) in [5.41, 5.74) is 5.38. The van der Waals surface area contributed by atoms with Crippen LogP contribution in [0, 0.1) is 15.9 Å². The number of nitrogens with zero attached hydrogens (tertiary/aromatic N) is 1. The summed E-state index contributed by atoms with van der Waals surface area (Å²) < 4.78 is 13.1. The summed E-state index contributed by atoms with van der Waals surface area (Å²) in [5, 5.41) is 10.4. The quantitative estimate of drug-likeness (QED) is 0.494. The van der Waals surface area contributed by atoms with Gasteiger partial charge < -0.3 is 5.73 Å². The van der Waals surface area contributed by atoms with Gasteiger partial charge in [-0.2, -0.15) is 0 Å². The van der Waals surface area contributed by atoms with Crippen LogP contribution in [0.1, 0.15) is 11.6 Å². The van der Waals surface area contributed by atoms with Gasteiger partial charge in [-0.1, -0.05) is 6.08 Å². The molecule has 1 atom stereocenters. The Labute approximate surface area is 92.1 Å². The third-order valence-electron chi connectivity index (χ3n) is 1.80. The van der Waals surface area contributed by atoms with Gasteiger partial charge in [-0.15, -0.1) is 19.0 Å². The Kier molecular flexibility index (Phi) is 4.90. The zero-order chi connectivity index (χ0) is 10.7. The van der Waals surface area contributed by atoms with E-state index in [2.05, 4.69) is 6.58 Å². The summed E-state index contributed by atoms with van der Waals surface area (Å²) in [4.78, 5) is 9.79. The molecule has 1 rings (SSSR count). The van der Waals surface area contributed by atoms with Crippen LogP contribution in [0.15, 0.2) is 30.9 Å². The molecule has 4 nitrogen and oxygen atoms in total. The fourth-order valence-corrected chi connectivity index (χ4v) is 1.03. The fourth-order valence-electron chi connectivity index (χ4n) is 1.03. The lowest BCUT2D eigenvalue weighted by molar-refractivity contribution is -0.385. The normalized spacial score (nSPS) is 11.3. The first-order chi connectivity index (χ1) is 6.56. The highest BCUT2D eigenvalue weighted by Gasteiger charge is 2.13. The summed E-state index contributed by atoms with van der Waals surface area (Å²) >= 11 is 0. The summed E-state index contributed by atoms with van der Waals surface area (Å²) in [5.74, 6) is -0.567. The minimum absolute atomic E-state index is 0. The molecule has 0 saturated heterocycles. The lowest BCUT2D eigenvalue weighted by Crippen LogP contribution is -2.09. The molecule has 2 N–H and O–H groups in total. The second-order valence-corrected chi connectivity index (χ2v) is 2.72. The van der Waals surface area contributed by atoms with Crippen LogP contribution in [0.4, 0.5) is 10.1 Å². The minimum atomic E-state index is -0.727. The predicted octanol–water partition coefficient (Wildman–Crippen LogP) is 2.34. The number of nitro benzene ring substituents is 1. The van der Waals surface area contributed by atoms with E-state index in [9.17, 15) is 14.5 Å². The third kappa shape index (κ3) is 3.00. The second kappa shape index (κ2) is 5.43. The standard InChI is InChI=1S/C9H9FN2O2.ClH/c1-2-9(11)7-5-6(12(13)14)3-4-8(7)10;/h2-5,9H,1,11H2;1H/t9-;/m1./s1. The van der Waals surface area contributed by atoms with Crippen LogP contribution >= 0.6 is 12.4 Å². The second-order valence-electron chi connectivity index (χ2n) is 2.72. The summed E-state index contributed by atoms with van der Waals surface area (Å²) in [6.07, 6.45) is 1.32. The van der Waals surface area contributed by atoms with Gasteiger partial charge in [-0.25, -0.2) is 4.39 Å². The van der Waals surface area contributed by atoms with Crippen LogP contribution in [0.25, 0.3) is 0 Å². The van der Waals surface area contributed by atoms with Crippen LogP contribution in [-0.2, 0) is 0 Å². The van der Waals surface area contributed by atoms with Gasteiger partial charge in [0.1, 0.15) is 5.82 Å². The molecule has 0 bridgehead atoms. The van der Waals surface area contributed by atoms with Crippen molar-refractivity contribution >= 4 is 18.1 Å². The maximum atomic E-state index is 13.1. The number of hydrogen-bond acceptors (Lipinski definition) is 3. The van der Waals surface area contributed by atoms with Crippen molar-refractivity contribution in [2.45, 2.75) is 6.04 Å². The highest BCUT2D eigenvalue weighted by molar-refractivity contribution is 5.85. The number of rotatable bonds is 3. The summed E-state index contributed by atoms with van der Waals surface area (Å²) in [6.45, 7) is 3.39. The van der Waals surface area contributed by atoms with Gasteiger partial charge in [-0.3, -0.25) is 10.1 Å². The number of nitro groups is 1. The predicted molar refractivity (Wildman–Crippen MR) is 57.4 cm³/mol. The molecule has 0 aliphatic rings. The zero-order valence-corrected chi connectivity index (χ0v) is 8.54. The van der Waals surface area contributed by atoms with Crippen molar-refractivity contribution in [3.8, 4) is 0 Å². The Balaban J connectivity index is 0.00000196. The first-order valence-corrected chi connectivity index (χ1v) is 3.88. The third-order valence-corrected chi connectivity index (χ3v) is 1.80. The minimum Gasteiger partial charge on any atom is -0.321 e. The van der Waals surface area contributed by atoms with Crippen LogP contribution in [0.2, 0.25) is 0 Å². The monoisotopic (exact) mass is 232 g/mol. The Bertz CT molecular complexity index is 384. The number of hydrogen-bond donors (Lipinski definition) is 1. The summed E-state index contributed by atoms with van der Waals surface area (Å²) in [7, 11) is 0. The number of benzene rings is 1. The van der Waals surface area contributed by atoms with Crippen molar-refractivity contribution in [2.75, 3.05) is 0 Å². The van der Waals surface area contributed by atoms with Crippen molar-refractivity contribution in [2.24, 2.45) is 5.73 Å². The molecular weight excluding hydrogens is 223 g/mol. The molecular formula is C9H10ClFN2O2. The lowest BCUT2D eigenvalue weighted by Gasteiger charge is -2.06. The topological polar surface area (TPSA) is 69.2 Å². The van der Waals surface area contributed by atoms with E-state index in [1.165, 1.54) is 6.08 Å². The molecule has 15 heavy (non-hydrogen) atoms. The fraction of sp³-hybridized carbons (Fsp3) is 0.111. The van der Waals surface area contributed by atoms with E-state index in [4.69, 9.17) is 5.73 Å². The van der Waals surface area contributed by atoms with Gasteiger partial charge in [0.25, 0.3) is 5.69 Å². The van der Waals surface area contributed by atoms with E-state index < -0.39 is 16.8 Å². The first-order valence-electron chi connectivity index (χ1n) is 3.88. The Morgan fingerprint density at radius 3 is 2.67 bits per heavy atom. The van der Waals surface area contributed by atoms with Gasteiger partial charge in [0.15, 0.2) is 0 Å². The smallest absolute Gasteiger partial charge is 0.269 e. The Morgan fingerprint density at radius 2 is 2.20 bits per heavy atom. The molecule has 1 aromatic carbocycles. The van der Waals surface area contributed by atoms with E-state index in [0.29, 0.717) is 0 Å². The van der Waals surface area contributed by atoms with Gasteiger partial charge in [0, 0.05) is 17.7 Å². The van der Waals surface area contributed by atoms with Gasteiger partial charge in [0.05, 0.1) is 11.0 Å². The molecule has 0 spiro atoms. The molecule has 0 aliphatic carbocycles. The molecule has 1 aromatic rings. The van der Waals surface area contributed by atoms with Crippen molar-refractivity contribution in [3.05, 3.63) is 52.3 Å².